The molecule has 0 aliphatic rings. The van der Waals surface area contributed by atoms with Crippen molar-refractivity contribution in [3.63, 3.8) is 0 Å². The summed E-state index contributed by atoms with van der Waals surface area (Å²) in [6.45, 7) is 6.81. The van der Waals surface area contributed by atoms with Crippen LogP contribution in [0.25, 0.3) is 0 Å². The topological polar surface area (TPSA) is 55.6 Å². The Kier molecular flexibility index (Phi) is 9.24. The van der Waals surface area contributed by atoms with Gasteiger partial charge >= 0.3 is 0 Å². The van der Waals surface area contributed by atoms with Crippen LogP contribution in [0.1, 0.15) is 33.1 Å². The van der Waals surface area contributed by atoms with Gasteiger partial charge in [-0.1, -0.05) is 20.3 Å². The SMILES string of the molecule is CCCCN(CCN)C(=O)CC(C)COC. The maximum Gasteiger partial charge on any atom is 0.222 e. The number of nitrogens with zero attached hydrogens (tertiary/aromatic N) is 1. The molecule has 0 spiro atoms. The summed E-state index contributed by atoms with van der Waals surface area (Å²) in [7, 11) is 1.66. The molecular formula is C12H26N2O2. The first-order valence-corrected chi connectivity index (χ1v) is 6.12. The van der Waals surface area contributed by atoms with Crippen LogP contribution in [0, 0.1) is 5.92 Å². The van der Waals surface area contributed by atoms with Crippen LogP contribution in [0.4, 0.5) is 0 Å². The van der Waals surface area contributed by atoms with Crippen LogP contribution in [0.3, 0.4) is 0 Å². The van der Waals surface area contributed by atoms with E-state index in [0.29, 0.717) is 26.1 Å². The Morgan fingerprint density at radius 1 is 1.44 bits per heavy atom. The predicted molar refractivity (Wildman–Crippen MR) is 66.2 cm³/mol. The van der Waals surface area contributed by atoms with E-state index in [0.717, 1.165) is 19.4 Å². The second-order valence-corrected chi connectivity index (χ2v) is 4.29. The van der Waals surface area contributed by atoms with Gasteiger partial charge in [-0.05, 0) is 12.3 Å². The van der Waals surface area contributed by atoms with Crippen molar-refractivity contribution in [2.24, 2.45) is 11.7 Å². The highest BCUT2D eigenvalue weighted by atomic mass is 16.5. The quantitative estimate of drug-likeness (QED) is 0.648. The van der Waals surface area contributed by atoms with Gasteiger partial charge in [0.25, 0.3) is 0 Å². The van der Waals surface area contributed by atoms with E-state index in [1.807, 2.05) is 11.8 Å². The fourth-order valence-electron chi connectivity index (χ4n) is 1.64. The van der Waals surface area contributed by atoms with Crippen LogP contribution in [0.15, 0.2) is 0 Å². The van der Waals surface area contributed by atoms with Gasteiger partial charge in [0.05, 0.1) is 0 Å². The zero-order chi connectivity index (χ0) is 12.4. The largest absolute Gasteiger partial charge is 0.384 e. The minimum atomic E-state index is 0.198. The van der Waals surface area contributed by atoms with Gasteiger partial charge in [-0.25, -0.2) is 0 Å². The van der Waals surface area contributed by atoms with Crippen molar-refractivity contribution in [2.75, 3.05) is 33.4 Å². The Labute approximate surface area is 99.1 Å². The van der Waals surface area contributed by atoms with Gasteiger partial charge in [-0.15, -0.1) is 0 Å². The van der Waals surface area contributed by atoms with E-state index in [1.54, 1.807) is 7.11 Å². The Hall–Kier alpha value is -0.610. The summed E-state index contributed by atoms with van der Waals surface area (Å²) in [6, 6.07) is 0. The highest BCUT2D eigenvalue weighted by Gasteiger charge is 2.15. The number of ether oxygens (including phenoxy) is 1. The molecule has 96 valence electrons. The summed E-state index contributed by atoms with van der Waals surface area (Å²) < 4.78 is 5.03. The van der Waals surface area contributed by atoms with Gasteiger partial charge in [0, 0.05) is 39.8 Å². The monoisotopic (exact) mass is 230 g/mol. The third-order valence-electron chi connectivity index (χ3n) is 2.51. The lowest BCUT2D eigenvalue weighted by atomic mass is 10.1. The van der Waals surface area contributed by atoms with E-state index in [2.05, 4.69) is 6.92 Å². The Bertz CT molecular complexity index is 186. The second-order valence-electron chi connectivity index (χ2n) is 4.29. The number of carbonyl (C=O) groups is 1. The van der Waals surface area contributed by atoms with Crippen LogP contribution in [-0.2, 0) is 9.53 Å². The summed E-state index contributed by atoms with van der Waals surface area (Å²) in [5.41, 5.74) is 5.51. The first-order valence-electron chi connectivity index (χ1n) is 6.12. The van der Waals surface area contributed by atoms with E-state index in [4.69, 9.17) is 10.5 Å². The molecule has 0 aliphatic carbocycles. The fourth-order valence-corrected chi connectivity index (χ4v) is 1.64. The molecule has 0 heterocycles. The van der Waals surface area contributed by atoms with Gasteiger partial charge in [0.15, 0.2) is 0 Å². The molecule has 1 amide bonds. The molecule has 0 aromatic carbocycles. The van der Waals surface area contributed by atoms with Crippen molar-refractivity contribution < 1.29 is 9.53 Å². The number of unbranched alkanes of at least 4 members (excludes halogenated alkanes) is 1. The zero-order valence-corrected chi connectivity index (χ0v) is 10.9. The first kappa shape index (κ1) is 15.4. The van der Waals surface area contributed by atoms with E-state index >= 15 is 0 Å². The second kappa shape index (κ2) is 9.60. The Balaban J connectivity index is 4.04. The van der Waals surface area contributed by atoms with E-state index < -0.39 is 0 Å². The lowest BCUT2D eigenvalue weighted by molar-refractivity contribution is -0.132. The van der Waals surface area contributed by atoms with Gasteiger partial charge < -0.3 is 15.4 Å². The van der Waals surface area contributed by atoms with Crippen molar-refractivity contribution in [2.45, 2.75) is 33.1 Å². The van der Waals surface area contributed by atoms with Crippen LogP contribution < -0.4 is 5.73 Å². The van der Waals surface area contributed by atoms with Crippen LogP contribution in [-0.4, -0.2) is 44.2 Å². The maximum atomic E-state index is 11.9. The molecule has 0 saturated heterocycles. The smallest absolute Gasteiger partial charge is 0.222 e. The molecule has 0 aliphatic heterocycles. The highest BCUT2D eigenvalue weighted by Crippen LogP contribution is 2.06. The Morgan fingerprint density at radius 2 is 2.12 bits per heavy atom. The molecule has 4 nitrogen and oxygen atoms in total. The number of rotatable bonds is 9. The molecule has 1 unspecified atom stereocenters. The van der Waals surface area contributed by atoms with Crippen molar-refractivity contribution in [3.8, 4) is 0 Å². The van der Waals surface area contributed by atoms with Gasteiger partial charge in [-0.3, -0.25) is 4.79 Å². The van der Waals surface area contributed by atoms with Crippen LogP contribution in [0.5, 0.6) is 0 Å². The number of amides is 1. The number of hydrogen-bond acceptors (Lipinski definition) is 3. The minimum Gasteiger partial charge on any atom is -0.384 e. The third kappa shape index (κ3) is 6.80. The molecule has 16 heavy (non-hydrogen) atoms. The molecule has 0 bridgehead atoms. The first-order chi connectivity index (χ1) is 7.65. The van der Waals surface area contributed by atoms with Crippen LogP contribution >= 0.6 is 0 Å². The molecule has 2 N–H and O–H groups in total. The number of methoxy groups -OCH3 is 1. The molecular weight excluding hydrogens is 204 g/mol. The lowest BCUT2D eigenvalue weighted by Gasteiger charge is -2.23. The van der Waals surface area contributed by atoms with Crippen molar-refractivity contribution in [1.29, 1.82) is 0 Å². The van der Waals surface area contributed by atoms with Crippen molar-refractivity contribution >= 4 is 5.91 Å². The molecule has 0 radical (unpaired) electrons. The zero-order valence-electron chi connectivity index (χ0n) is 10.9. The molecule has 0 aromatic heterocycles. The number of nitrogens with two attached hydrogens (primary N) is 1. The summed E-state index contributed by atoms with van der Waals surface area (Å²) in [4.78, 5) is 13.8. The third-order valence-corrected chi connectivity index (χ3v) is 2.51. The van der Waals surface area contributed by atoms with Crippen molar-refractivity contribution in [3.05, 3.63) is 0 Å². The van der Waals surface area contributed by atoms with Crippen molar-refractivity contribution in [1.82, 2.24) is 4.90 Å². The Morgan fingerprint density at radius 3 is 2.62 bits per heavy atom. The summed E-state index contributed by atoms with van der Waals surface area (Å²) in [5, 5.41) is 0. The number of carbonyl (C=O) groups excluding carboxylic acids is 1. The lowest BCUT2D eigenvalue weighted by Crippen LogP contribution is -2.37. The van der Waals surface area contributed by atoms with Crippen LogP contribution in [0.2, 0.25) is 0 Å². The predicted octanol–water partition coefficient (Wildman–Crippen LogP) is 1.25. The number of hydrogen-bond donors (Lipinski definition) is 1. The van der Waals surface area contributed by atoms with Gasteiger partial charge in [0.1, 0.15) is 0 Å². The van der Waals surface area contributed by atoms with E-state index in [1.165, 1.54) is 0 Å². The highest BCUT2D eigenvalue weighted by molar-refractivity contribution is 5.76. The molecule has 0 saturated carbocycles. The molecule has 0 fully saturated rings. The minimum absolute atomic E-state index is 0.198. The molecule has 1 atom stereocenters. The normalized spacial score (nSPS) is 12.5. The van der Waals surface area contributed by atoms with Gasteiger partial charge in [-0.2, -0.15) is 0 Å². The summed E-state index contributed by atoms with van der Waals surface area (Å²) >= 11 is 0. The van der Waals surface area contributed by atoms with Gasteiger partial charge in [0.2, 0.25) is 5.91 Å². The molecule has 4 heteroatoms. The average Bonchev–Trinajstić information content (AvgIpc) is 2.24. The molecule has 0 rings (SSSR count). The summed E-state index contributed by atoms with van der Waals surface area (Å²) in [5.74, 6) is 0.475. The maximum absolute atomic E-state index is 11.9. The molecule has 0 aromatic rings. The summed E-state index contributed by atoms with van der Waals surface area (Å²) in [6.07, 6.45) is 2.70. The van der Waals surface area contributed by atoms with E-state index in [-0.39, 0.29) is 11.8 Å². The standard InChI is InChI=1S/C12H26N2O2/c1-4-5-7-14(8-6-13)12(15)9-11(2)10-16-3/h11H,4-10,13H2,1-3H3. The van der Waals surface area contributed by atoms with E-state index in [9.17, 15) is 4.79 Å². The fraction of sp³-hybridized carbons (Fsp3) is 0.917. The average molecular weight is 230 g/mol.